The van der Waals surface area contributed by atoms with Gasteiger partial charge in [-0.1, -0.05) is 346 Å². The molecule has 23 aromatic carbocycles. The minimum atomic E-state index is 1.05. The SMILES string of the molecule is c1ccc(-n2c3ccccc3c3cc(-c4ccc(-c5ccc(N(c6ccc(-c7ccc(-n8c9ccccc9c9cc(-c%10cccc%11c(-c%12ccc(N(c%13ccc(-c%14ccc(-n%15c%16ccccc%16c%16ccccc%16%15)cc%14)cc%13)c%13ccc(-c%14ccc%15c(c%14)c%14ccccc%14n%15-c%14ccccc%14)c%14ccccc%13%14)cc%12)cccc%10%11)ccc98)cc7)cc6)c6cccc7ccccc67)cc5)cc4)ccc32)cc1. The van der Waals surface area contributed by atoms with Crippen molar-refractivity contribution in [2.75, 3.05) is 9.80 Å². The molecule has 4 aromatic heterocycles. The van der Waals surface area contributed by atoms with Gasteiger partial charge in [-0.25, -0.2) is 0 Å². The first-order valence-electron chi connectivity index (χ1n) is 47.5. The number of para-hydroxylation sites is 7. The largest absolute Gasteiger partial charge is 0.310 e. The Kier molecular flexibility index (Phi) is 18.9. The van der Waals surface area contributed by atoms with Crippen molar-refractivity contribution >= 4 is 154 Å². The summed E-state index contributed by atoms with van der Waals surface area (Å²) < 4.78 is 9.58. The molecule has 27 rings (SSSR count). The number of hydrogen-bond donors (Lipinski definition) is 0. The van der Waals surface area contributed by atoms with Crippen LogP contribution in [0.25, 0.3) is 220 Å². The molecule has 0 fully saturated rings. The maximum Gasteiger partial charge on any atom is 0.0541 e. The quantitative estimate of drug-likeness (QED) is 0.0908. The maximum absolute atomic E-state index is 2.45. The lowest BCUT2D eigenvalue weighted by Gasteiger charge is -2.28. The zero-order valence-electron chi connectivity index (χ0n) is 75.3. The Hall–Kier alpha value is -18.4. The van der Waals surface area contributed by atoms with Gasteiger partial charge in [0, 0.05) is 99.4 Å². The normalized spacial score (nSPS) is 11.8. The van der Waals surface area contributed by atoms with E-state index in [1.54, 1.807) is 0 Å². The highest BCUT2D eigenvalue weighted by Gasteiger charge is 2.25. The highest BCUT2D eigenvalue weighted by molar-refractivity contribution is 6.17. The number of fused-ring (bicyclic) bond motifs is 15. The number of nitrogens with zero attached hydrogens (tertiary/aromatic N) is 6. The zero-order valence-corrected chi connectivity index (χ0v) is 75.3. The average Bonchev–Trinajstić information content (AvgIpc) is 1.60. The predicted molar refractivity (Wildman–Crippen MR) is 584 cm³/mol. The molecule has 138 heavy (non-hydrogen) atoms. The summed E-state index contributed by atoms with van der Waals surface area (Å²) in [4.78, 5) is 4.85. The van der Waals surface area contributed by atoms with Crippen LogP contribution in [0, 0.1) is 0 Å². The highest BCUT2D eigenvalue weighted by Crippen LogP contribution is 2.49. The van der Waals surface area contributed by atoms with Gasteiger partial charge in [-0.15, -0.1) is 0 Å². The Morgan fingerprint density at radius 2 is 0.362 bits per heavy atom. The van der Waals surface area contributed by atoms with Crippen molar-refractivity contribution in [1.29, 1.82) is 0 Å². The van der Waals surface area contributed by atoms with Crippen LogP contribution in [0.3, 0.4) is 0 Å². The van der Waals surface area contributed by atoms with E-state index >= 15 is 0 Å². The number of aromatic nitrogens is 4. The Labute approximate surface area is 798 Å². The minimum Gasteiger partial charge on any atom is -0.310 e. The van der Waals surface area contributed by atoms with Crippen LogP contribution in [0.2, 0.25) is 0 Å². The van der Waals surface area contributed by atoms with Crippen LogP contribution in [0.5, 0.6) is 0 Å². The van der Waals surface area contributed by atoms with Crippen LogP contribution in [0.15, 0.2) is 522 Å². The molecule has 0 unspecified atom stereocenters. The van der Waals surface area contributed by atoms with Crippen LogP contribution in [0.1, 0.15) is 0 Å². The van der Waals surface area contributed by atoms with Crippen LogP contribution < -0.4 is 9.80 Å². The topological polar surface area (TPSA) is 26.2 Å². The molecule has 0 aliphatic rings. The van der Waals surface area contributed by atoms with Gasteiger partial charge in [0.05, 0.1) is 55.5 Å². The molecular weight excluding hydrogens is 1670 g/mol. The summed E-state index contributed by atoms with van der Waals surface area (Å²) in [6, 6.07) is 192. The first kappa shape index (κ1) is 79.4. The number of benzene rings is 23. The van der Waals surface area contributed by atoms with Gasteiger partial charge in [0.15, 0.2) is 0 Å². The van der Waals surface area contributed by atoms with E-state index in [1.165, 1.54) is 148 Å². The second-order valence-electron chi connectivity index (χ2n) is 36.2. The Bertz CT molecular complexity index is 9400. The summed E-state index contributed by atoms with van der Waals surface area (Å²) in [5.74, 6) is 0. The second-order valence-corrected chi connectivity index (χ2v) is 36.2. The van der Waals surface area contributed by atoms with E-state index in [0.717, 1.165) is 107 Å². The number of hydrogen-bond acceptors (Lipinski definition) is 2. The van der Waals surface area contributed by atoms with Crippen LogP contribution in [-0.2, 0) is 0 Å². The molecule has 0 aliphatic heterocycles. The summed E-state index contributed by atoms with van der Waals surface area (Å²) in [6.07, 6.45) is 0. The fourth-order valence-corrected chi connectivity index (χ4v) is 22.1. The summed E-state index contributed by atoms with van der Waals surface area (Å²) in [5.41, 5.74) is 36.8. The Morgan fingerprint density at radius 1 is 0.123 bits per heavy atom. The lowest BCUT2D eigenvalue weighted by molar-refractivity contribution is 1.18. The molecule has 0 aliphatic carbocycles. The number of rotatable bonds is 17. The molecule has 0 radical (unpaired) electrons. The van der Waals surface area contributed by atoms with Crippen molar-refractivity contribution in [1.82, 2.24) is 18.3 Å². The third-order valence-corrected chi connectivity index (χ3v) is 28.6. The first-order chi connectivity index (χ1) is 68.4. The third kappa shape index (κ3) is 13.3. The smallest absolute Gasteiger partial charge is 0.0541 e. The molecule has 0 amide bonds. The molecule has 0 N–H and O–H groups in total. The van der Waals surface area contributed by atoms with Crippen LogP contribution in [-0.4, -0.2) is 18.3 Å². The number of anilines is 6. The van der Waals surface area contributed by atoms with Crippen LogP contribution >= 0.6 is 0 Å². The van der Waals surface area contributed by atoms with Gasteiger partial charge in [-0.05, 0) is 275 Å². The second kappa shape index (κ2) is 32.8. The standard InChI is InChI=1S/C132H86N6/c1-3-26-99(27-4-1)135-126-44-18-13-35-117(126)120-84-96(64-80-130(120)135)93-50-48-87(49-51-93)88-52-67-101(68-53-88)133(123-47-21-25-94-24-7-8-30-110(94)123)102-69-54-89(55-70-102)92-60-75-106(76-61-92)138-128-46-20-15-37-119(128)121-85-97(65-81-132(121)138)108-39-23-40-111-107(38-22-41-112(108)111)95-62-77-104(78-63-95)134(103-71-56-90(57-72-103)91-58-73-105(74-59-91)137-124-42-16-11-33-115(124)116-34-12-17-43-125(116)137)129-83-79-109(113-31-9-10-32-114(113)129)98-66-82-131-122(86-98)118-36-14-19-45-127(118)136(131)100-28-5-2-6-29-100/h1-86H. The summed E-state index contributed by atoms with van der Waals surface area (Å²) in [7, 11) is 0. The van der Waals surface area contributed by atoms with E-state index in [4.69, 9.17) is 0 Å². The Balaban J connectivity index is 0.485. The molecule has 4 heterocycles. The van der Waals surface area contributed by atoms with Gasteiger partial charge < -0.3 is 28.1 Å². The van der Waals surface area contributed by atoms with Gasteiger partial charge in [-0.3, -0.25) is 0 Å². The minimum absolute atomic E-state index is 1.05. The van der Waals surface area contributed by atoms with Gasteiger partial charge in [0.25, 0.3) is 0 Å². The monoisotopic (exact) mass is 1750 g/mol. The average molecular weight is 1760 g/mol. The van der Waals surface area contributed by atoms with Crippen molar-refractivity contribution in [2.45, 2.75) is 0 Å². The van der Waals surface area contributed by atoms with Crippen molar-refractivity contribution in [2.24, 2.45) is 0 Å². The summed E-state index contributed by atoms with van der Waals surface area (Å²) in [5, 5.41) is 17.0. The Morgan fingerprint density at radius 3 is 0.768 bits per heavy atom. The van der Waals surface area contributed by atoms with E-state index in [1.807, 2.05) is 0 Å². The molecule has 27 aromatic rings. The molecule has 0 bridgehead atoms. The van der Waals surface area contributed by atoms with Crippen molar-refractivity contribution < 1.29 is 0 Å². The van der Waals surface area contributed by atoms with Crippen molar-refractivity contribution in [3.05, 3.63) is 522 Å². The van der Waals surface area contributed by atoms with E-state index in [2.05, 4.69) is 550 Å². The first-order valence-corrected chi connectivity index (χ1v) is 47.5. The van der Waals surface area contributed by atoms with E-state index < -0.39 is 0 Å². The van der Waals surface area contributed by atoms with Crippen molar-refractivity contribution in [3.63, 3.8) is 0 Å². The molecule has 0 spiro atoms. The van der Waals surface area contributed by atoms with Crippen molar-refractivity contribution in [3.8, 4) is 101 Å². The highest BCUT2D eigenvalue weighted by atomic mass is 15.2. The van der Waals surface area contributed by atoms with E-state index in [0.29, 0.717) is 0 Å². The van der Waals surface area contributed by atoms with E-state index in [-0.39, 0.29) is 0 Å². The van der Waals surface area contributed by atoms with Gasteiger partial charge in [-0.2, -0.15) is 0 Å². The summed E-state index contributed by atoms with van der Waals surface area (Å²) in [6.45, 7) is 0. The molecule has 6 heteroatoms. The summed E-state index contributed by atoms with van der Waals surface area (Å²) >= 11 is 0. The molecule has 644 valence electrons. The molecule has 6 nitrogen and oxygen atoms in total. The molecule has 0 atom stereocenters. The molecule has 0 saturated carbocycles. The lowest BCUT2D eigenvalue weighted by atomic mass is 9.92. The van der Waals surface area contributed by atoms with Crippen LogP contribution in [0.4, 0.5) is 34.1 Å². The van der Waals surface area contributed by atoms with Gasteiger partial charge in [0.1, 0.15) is 0 Å². The fourth-order valence-electron chi connectivity index (χ4n) is 22.1. The lowest BCUT2D eigenvalue weighted by Crippen LogP contribution is -2.10. The van der Waals surface area contributed by atoms with Gasteiger partial charge in [0.2, 0.25) is 0 Å². The maximum atomic E-state index is 2.45. The zero-order chi connectivity index (χ0) is 90.8. The van der Waals surface area contributed by atoms with E-state index in [9.17, 15) is 0 Å². The molecular formula is C132H86N6. The predicted octanol–water partition coefficient (Wildman–Crippen LogP) is 36.1. The molecule has 0 saturated heterocycles. The fraction of sp³-hybridized carbons (Fsp3) is 0. The van der Waals surface area contributed by atoms with Gasteiger partial charge >= 0.3 is 0 Å². The third-order valence-electron chi connectivity index (χ3n) is 28.6.